The van der Waals surface area contributed by atoms with Crippen molar-refractivity contribution in [3.63, 3.8) is 0 Å². The van der Waals surface area contributed by atoms with E-state index in [1.165, 1.54) is 0 Å². The normalized spacial score (nSPS) is 17.8. The van der Waals surface area contributed by atoms with Crippen LogP contribution in [0.4, 0.5) is 5.69 Å². The topological polar surface area (TPSA) is 69.6 Å². The minimum absolute atomic E-state index is 0.0323. The van der Waals surface area contributed by atoms with Crippen molar-refractivity contribution in [1.29, 1.82) is 0 Å². The SMILES string of the molecule is O=C1Cc2cc(C(O)C(O)CCl)ccc2N1. The number of hydrogen-bond donors (Lipinski definition) is 3. The fraction of sp³-hybridized carbons (Fsp3) is 0.364. The molecule has 0 bridgehead atoms. The van der Waals surface area contributed by atoms with Crippen LogP contribution in [0.3, 0.4) is 0 Å². The molecule has 0 aromatic heterocycles. The van der Waals surface area contributed by atoms with E-state index >= 15 is 0 Å². The van der Waals surface area contributed by atoms with Crippen LogP contribution in [-0.2, 0) is 11.2 Å². The summed E-state index contributed by atoms with van der Waals surface area (Å²) in [5.74, 6) is -0.0883. The summed E-state index contributed by atoms with van der Waals surface area (Å²) in [7, 11) is 0. The molecule has 2 atom stereocenters. The number of nitrogens with one attached hydrogen (secondary N) is 1. The van der Waals surface area contributed by atoms with Gasteiger partial charge in [-0.15, -0.1) is 11.6 Å². The molecule has 0 saturated heterocycles. The molecule has 16 heavy (non-hydrogen) atoms. The van der Waals surface area contributed by atoms with Crippen LogP contribution in [0.25, 0.3) is 0 Å². The molecule has 1 amide bonds. The number of carbonyl (C=O) groups excluding carboxylic acids is 1. The average Bonchev–Trinajstić information content (AvgIpc) is 2.65. The lowest BCUT2D eigenvalue weighted by molar-refractivity contribution is -0.115. The Balaban J connectivity index is 2.25. The molecule has 5 heteroatoms. The van der Waals surface area contributed by atoms with Gasteiger partial charge in [0.15, 0.2) is 0 Å². The molecule has 4 nitrogen and oxygen atoms in total. The second-order valence-corrected chi connectivity index (χ2v) is 4.12. The van der Waals surface area contributed by atoms with Crippen LogP contribution >= 0.6 is 11.6 Å². The van der Waals surface area contributed by atoms with Crippen molar-refractivity contribution < 1.29 is 15.0 Å². The number of carbonyl (C=O) groups is 1. The first-order chi connectivity index (χ1) is 7.61. The predicted octanol–water partition coefficient (Wildman–Crippen LogP) is 0.814. The van der Waals surface area contributed by atoms with Gasteiger partial charge >= 0.3 is 0 Å². The molecule has 0 aliphatic carbocycles. The first kappa shape index (κ1) is 11.4. The Kier molecular flexibility index (Phi) is 3.14. The number of halogens is 1. The second-order valence-electron chi connectivity index (χ2n) is 3.81. The van der Waals surface area contributed by atoms with Gasteiger partial charge in [0.05, 0.1) is 18.4 Å². The van der Waals surface area contributed by atoms with Crippen molar-refractivity contribution in [2.24, 2.45) is 0 Å². The summed E-state index contributed by atoms with van der Waals surface area (Å²) in [5.41, 5.74) is 2.17. The predicted molar refractivity (Wildman–Crippen MR) is 60.5 cm³/mol. The number of rotatable bonds is 3. The zero-order valence-electron chi connectivity index (χ0n) is 8.48. The molecule has 0 radical (unpaired) electrons. The van der Waals surface area contributed by atoms with Crippen LogP contribution in [0.5, 0.6) is 0 Å². The van der Waals surface area contributed by atoms with Crippen molar-refractivity contribution in [2.75, 3.05) is 11.2 Å². The number of anilines is 1. The van der Waals surface area contributed by atoms with Crippen LogP contribution in [-0.4, -0.2) is 28.1 Å². The zero-order chi connectivity index (χ0) is 11.7. The Morgan fingerprint density at radius 2 is 2.19 bits per heavy atom. The minimum Gasteiger partial charge on any atom is -0.389 e. The van der Waals surface area contributed by atoms with Crippen molar-refractivity contribution in [3.8, 4) is 0 Å². The number of aliphatic hydroxyl groups excluding tert-OH is 2. The summed E-state index contributed by atoms with van der Waals surface area (Å²) < 4.78 is 0. The summed E-state index contributed by atoms with van der Waals surface area (Å²) in [6.45, 7) is 0. The fourth-order valence-corrected chi connectivity index (χ4v) is 1.91. The molecular formula is C11H12ClNO3. The largest absolute Gasteiger partial charge is 0.389 e. The first-order valence-electron chi connectivity index (χ1n) is 4.96. The van der Waals surface area contributed by atoms with E-state index in [0.717, 1.165) is 11.3 Å². The van der Waals surface area contributed by atoms with Crippen molar-refractivity contribution >= 4 is 23.2 Å². The lowest BCUT2D eigenvalue weighted by Gasteiger charge is -2.16. The molecule has 0 saturated carbocycles. The van der Waals surface area contributed by atoms with Gasteiger partial charge in [-0.3, -0.25) is 4.79 Å². The minimum atomic E-state index is -1.02. The van der Waals surface area contributed by atoms with Gasteiger partial charge in [0.25, 0.3) is 0 Å². The summed E-state index contributed by atoms with van der Waals surface area (Å²) in [4.78, 5) is 11.1. The summed E-state index contributed by atoms with van der Waals surface area (Å²) >= 11 is 5.46. The molecule has 1 aliphatic rings. The smallest absolute Gasteiger partial charge is 0.228 e. The van der Waals surface area contributed by atoms with E-state index < -0.39 is 12.2 Å². The average molecular weight is 242 g/mol. The number of fused-ring (bicyclic) bond motifs is 1. The summed E-state index contributed by atoms with van der Waals surface area (Å²) in [5, 5.41) is 21.9. The lowest BCUT2D eigenvalue weighted by Crippen LogP contribution is -2.19. The van der Waals surface area contributed by atoms with Crippen molar-refractivity contribution in [3.05, 3.63) is 29.3 Å². The van der Waals surface area contributed by atoms with Gasteiger partial charge in [-0.25, -0.2) is 0 Å². The molecule has 86 valence electrons. The molecule has 1 heterocycles. The molecular weight excluding hydrogens is 230 g/mol. The quantitative estimate of drug-likeness (QED) is 0.686. The molecule has 1 aromatic carbocycles. The number of aliphatic hydroxyl groups is 2. The maximum Gasteiger partial charge on any atom is 0.228 e. The van der Waals surface area contributed by atoms with Crippen LogP contribution in [0.1, 0.15) is 17.2 Å². The van der Waals surface area contributed by atoms with Gasteiger partial charge in [0.2, 0.25) is 5.91 Å². The Morgan fingerprint density at radius 3 is 2.88 bits per heavy atom. The molecule has 1 aliphatic heterocycles. The second kappa shape index (κ2) is 4.41. The summed E-state index contributed by atoms with van der Waals surface area (Å²) in [6.07, 6.45) is -1.70. The molecule has 0 spiro atoms. The lowest BCUT2D eigenvalue weighted by atomic mass is 10.0. The third kappa shape index (κ3) is 2.04. The fourth-order valence-electron chi connectivity index (χ4n) is 1.74. The Morgan fingerprint density at radius 1 is 1.44 bits per heavy atom. The van der Waals surface area contributed by atoms with E-state index in [4.69, 9.17) is 11.6 Å². The highest BCUT2D eigenvalue weighted by atomic mass is 35.5. The zero-order valence-corrected chi connectivity index (χ0v) is 9.24. The van der Waals surface area contributed by atoms with Crippen molar-refractivity contribution in [1.82, 2.24) is 0 Å². The van der Waals surface area contributed by atoms with Crippen LogP contribution in [0.15, 0.2) is 18.2 Å². The van der Waals surface area contributed by atoms with Gasteiger partial charge in [0.1, 0.15) is 6.10 Å². The monoisotopic (exact) mass is 241 g/mol. The number of benzene rings is 1. The van der Waals surface area contributed by atoms with E-state index in [0.29, 0.717) is 12.0 Å². The highest BCUT2D eigenvalue weighted by Gasteiger charge is 2.22. The van der Waals surface area contributed by atoms with Crippen molar-refractivity contribution in [2.45, 2.75) is 18.6 Å². The third-order valence-corrected chi connectivity index (χ3v) is 2.93. The highest BCUT2D eigenvalue weighted by molar-refractivity contribution is 6.18. The van der Waals surface area contributed by atoms with Crippen LogP contribution < -0.4 is 5.32 Å². The Hall–Kier alpha value is -1.10. The standard InChI is InChI=1S/C11H12ClNO3/c12-5-9(14)11(16)6-1-2-8-7(3-6)4-10(15)13-8/h1-3,9,11,14,16H,4-5H2,(H,13,15). The van der Waals surface area contributed by atoms with Gasteiger partial charge in [-0.05, 0) is 17.2 Å². The van der Waals surface area contributed by atoms with Gasteiger partial charge < -0.3 is 15.5 Å². The van der Waals surface area contributed by atoms with E-state index in [9.17, 15) is 15.0 Å². The maximum absolute atomic E-state index is 11.1. The summed E-state index contributed by atoms with van der Waals surface area (Å²) in [6, 6.07) is 5.11. The van der Waals surface area contributed by atoms with Crippen LogP contribution in [0, 0.1) is 0 Å². The first-order valence-corrected chi connectivity index (χ1v) is 5.50. The number of hydrogen-bond acceptors (Lipinski definition) is 3. The maximum atomic E-state index is 11.1. The van der Waals surface area contributed by atoms with Gasteiger partial charge in [-0.2, -0.15) is 0 Å². The van der Waals surface area contributed by atoms with Crippen LogP contribution in [0.2, 0.25) is 0 Å². The number of alkyl halides is 1. The molecule has 3 N–H and O–H groups in total. The van der Waals surface area contributed by atoms with E-state index in [1.54, 1.807) is 18.2 Å². The molecule has 2 rings (SSSR count). The molecule has 0 fully saturated rings. The Labute approximate surface area is 97.9 Å². The van der Waals surface area contributed by atoms with E-state index in [2.05, 4.69) is 5.32 Å². The van der Waals surface area contributed by atoms with Gasteiger partial charge in [-0.1, -0.05) is 12.1 Å². The van der Waals surface area contributed by atoms with Gasteiger partial charge in [0, 0.05) is 5.69 Å². The highest BCUT2D eigenvalue weighted by Crippen LogP contribution is 2.27. The third-order valence-electron chi connectivity index (χ3n) is 2.62. The molecule has 1 aromatic rings. The Bertz CT molecular complexity index is 422. The van der Waals surface area contributed by atoms with E-state index in [-0.39, 0.29) is 11.8 Å². The number of amides is 1. The molecule has 2 unspecified atom stereocenters. The van der Waals surface area contributed by atoms with E-state index in [1.807, 2.05) is 0 Å².